The van der Waals surface area contributed by atoms with Gasteiger partial charge < -0.3 is 14.5 Å². The molecule has 2 aliphatic heterocycles. The summed E-state index contributed by atoms with van der Waals surface area (Å²) in [5.41, 5.74) is 0. The second-order valence-corrected chi connectivity index (χ2v) is 5.29. The number of ether oxygens (including phenoxy) is 1. The first-order valence-electron chi connectivity index (χ1n) is 6.17. The highest BCUT2D eigenvalue weighted by Gasteiger charge is 2.27. The van der Waals surface area contributed by atoms with E-state index in [0.717, 1.165) is 18.4 Å². The average molecular weight is 212 g/mol. The van der Waals surface area contributed by atoms with Crippen molar-refractivity contribution in [3.05, 3.63) is 0 Å². The molecule has 0 radical (unpaired) electrons. The molecule has 2 fully saturated rings. The van der Waals surface area contributed by atoms with Gasteiger partial charge in [-0.2, -0.15) is 0 Å². The maximum absolute atomic E-state index is 5.22. The van der Waals surface area contributed by atoms with Gasteiger partial charge in [-0.05, 0) is 44.8 Å². The van der Waals surface area contributed by atoms with Crippen LogP contribution < -0.4 is 0 Å². The van der Waals surface area contributed by atoms with Gasteiger partial charge in [0.1, 0.15) is 0 Å². The standard InChI is InChI=1S/C12H24N2O/c1-13-7-12(8-13)9-14-5-3-11(4-6-14)10-15-2/h11-12H,3-10H2,1-2H3. The molecule has 2 heterocycles. The van der Waals surface area contributed by atoms with Crippen LogP contribution in [0, 0.1) is 11.8 Å². The molecule has 15 heavy (non-hydrogen) atoms. The lowest BCUT2D eigenvalue weighted by molar-refractivity contribution is 0.0577. The number of rotatable bonds is 4. The zero-order valence-electron chi connectivity index (χ0n) is 10.1. The summed E-state index contributed by atoms with van der Waals surface area (Å²) in [4.78, 5) is 5.05. The molecular formula is C12H24N2O. The van der Waals surface area contributed by atoms with Crippen LogP contribution in [0.2, 0.25) is 0 Å². The Morgan fingerprint density at radius 1 is 1.13 bits per heavy atom. The number of piperidine rings is 1. The van der Waals surface area contributed by atoms with Crippen molar-refractivity contribution in [3.8, 4) is 0 Å². The zero-order chi connectivity index (χ0) is 10.7. The van der Waals surface area contributed by atoms with Gasteiger partial charge in [0.2, 0.25) is 0 Å². The van der Waals surface area contributed by atoms with Crippen LogP contribution in [0.1, 0.15) is 12.8 Å². The first-order valence-corrected chi connectivity index (χ1v) is 6.17. The summed E-state index contributed by atoms with van der Waals surface area (Å²) in [6.45, 7) is 7.46. The lowest BCUT2D eigenvalue weighted by Gasteiger charge is -2.41. The highest BCUT2D eigenvalue weighted by Crippen LogP contribution is 2.20. The number of hydrogen-bond acceptors (Lipinski definition) is 3. The fourth-order valence-electron chi connectivity index (χ4n) is 2.88. The van der Waals surface area contributed by atoms with Gasteiger partial charge >= 0.3 is 0 Å². The number of likely N-dealkylation sites (tertiary alicyclic amines) is 2. The molecule has 0 bridgehead atoms. The van der Waals surface area contributed by atoms with Crippen molar-refractivity contribution >= 4 is 0 Å². The van der Waals surface area contributed by atoms with Crippen LogP contribution in [0.25, 0.3) is 0 Å². The second-order valence-electron chi connectivity index (χ2n) is 5.29. The van der Waals surface area contributed by atoms with Gasteiger partial charge in [0.05, 0.1) is 0 Å². The third-order valence-corrected chi connectivity index (χ3v) is 3.77. The Labute approximate surface area is 93.4 Å². The lowest BCUT2D eigenvalue weighted by atomic mass is 9.95. The van der Waals surface area contributed by atoms with E-state index in [1.54, 1.807) is 0 Å². The van der Waals surface area contributed by atoms with Crippen LogP contribution >= 0.6 is 0 Å². The van der Waals surface area contributed by atoms with E-state index in [1.807, 2.05) is 7.11 Å². The summed E-state index contributed by atoms with van der Waals surface area (Å²) in [5.74, 6) is 1.75. The van der Waals surface area contributed by atoms with Gasteiger partial charge in [0.25, 0.3) is 0 Å². The zero-order valence-corrected chi connectivity index (χ0v) is 10.1. The van der Waals surface area contributed by atoms with Gasteiger partial charge in [0, 0.05) is 33.4 Å². The maximum Gasteiger partial charge on any atom is 0.0491 e. The van der Waals surface area contributed by atoms with Crippen LogP contribution in [0.3, 0.4) is 0 Å². The SMILES string of the molecule is COCC1CCN(CC2CN(C)C2)CC1. The monoisotopic (exact) mass is 212 g/mol. The average Bonchev–Trinajstić information content (AvgIpc) is 2.19. The molecule has 0 aromatic carbocycles. The van der Waals surface area contributed by atoms with E-state index in [1.165, 1.54) is 45.6 Å². The molecule has 3 nitrogen and oxygen atoms in total. The molecule has 0 saturated carbocycles. The van der Waals surface area contributed by atoms with Crippen LogP contribution in [0.4, 0.5) is 0 Å². The Hall–Kier alpha value is -0.120. The van der Waals surface area contributed by atoms with Crippen molar-refractivity contribution in [1.29, 1.82) is 0 Å². The Bertz CT molecular complexity index is 184. The molecule has 3 heteroatoms. The summed E-state index contributed by atoms with van der Waals surface area (Å²) in [5, 5.41) is 0. The van der Waals surface area contributed by atoms with Gasteiger partial charge in [-0.15, -0.1) is 0 Å². The van der Waals surface area contributed by atoms with Crippen LogP contribution in [0.15, 0.2) is 0 Å². The Morgan fingerprint density at radius 2 is 1.80 bits per heavy atom. The van der Waals surface area contributed by atoms with E-state index in [-0.39, 0.29) is 0 Å². The Kier molecular flexibility index (Phi) is 4.00. The van der Waals surface area contributed by atoms with E-state index in [9.17, 15) is 0 Å². The third kappa shape index (κ3) is 3.16. The summed E-state index contributed by atoms with van der Waals surface area (Å²) in [7, 11) is 4.03. The lowest BCUT2D eigenvalue weighted by Crippen LogP contribution is -2.50. The predicted octanol–water partition coefficient (Wildman–Crippen LogP) is 0.906. The van der Waals surface area contributed by atoms with Crippen molar-refractivity contribution in [3.63, 3.8) is 0 Å². The van der Waals surface area contributed by atoms with Crippen molar-refractivity contribution in [2.24, 2.45) is 11.8 Å². The minimum atomic E-state index is 0.815. The molecule has 0 spiro atoms. The van der Waals surface area contributed by atoms with E-state index < -0.39 is 0 Å². The number of methoxy groups -OCH3 is 1. The summed E-state index contributed by atoms with van der Waals surface area (Å²) in [6, 6.07) is 0. The van der Waals surface area contributed by atoms with Gasteiger partial charge in [0.15, 0.2) is 0 Å². The van der Waals surface area contributed by atoms with Crippen LogP contribution in [0.5, 0.6) is 0 Å². The summed E-state index contributed by atoms with van der Waals surface area (Å²) < 4.78 is 5.22. The first-order chi connectivity index (χ1) is 7.28. The second kappa shape index (κ2) is 5.28. The molecule has 2 aliphatic rings. The van der Waals surface area contributed by atoms with E-state index >= 15 is 0 Å². The molecule has 88 valence electrons. The van der Waals surface area contributed by atoms with Crippen molar-refractivity contribution in [1.82, 2.24) is 9.80 Å². The summed E-state index contributed by atoms with van der Waals surface area (Å²) >= 11 is 0. The molecule has 0 aliphatic carbocycles. The molecule has 2 rings (SSSR count). The fourth-order valence-corrected chi connectivity index (χ4v) is 2.88. The molecule has 0 aromatic heterocycles. The van der Waals surface area contributed by atoms with Crippen LogP contribution in [-0.4, -0.2) is 63.3 Å². The molecule has 0 unspecified atom stereocenters. The predicted molar refractivity (Wildman–Crippen MR) is 62.0 cm³/mol. The minimum Gasteiger partial charge on any atom is -0.384 e. The van der Waals surface area contributed by atoms with E-state index in [2.05, 4.69) is 16.8 Å². The highest BCUT2D eigenvalue weighted by atomic mass is 16.5. The Balaban J connectivity index is 1.61. The quantitative estimate of drug-likeness (QED) is 0.689. The van der Waals surface area contributed by atoms with Gasteiger partial charge in [-0.1, -0.05) is 0 Å². The third-order valence-electron chi connectivity index (χ3n) is 3.77. The van der Waals surface area contributed by atoms with Crippen LogP contribution in [-0.2, 0) is 4.74 Å². The molecular weight excluding hydrogens is 188 g/mol. The molecule has 0 aromatic rings. The molecule has 0 amide bonds. The number of nitrogens with zero attached hydrogens (tertiary/aromatic N) is 2. The smallest absolute Gasteiger partial charge is 0.0491 e. The van der Waals surface area contributed by atoms with Crippen molar-refractivity contribution < 1.29 is 4.74 Å². The largest absolute Gasteiger partial charge is 0.384 e. The Morgan fingerprint density at radius 3 is 2.33 bits per heavy atom. The fraction of sp³-hybridized carbons (Fsp3) is 1.00. The highest BCUT2D eigenvalue weighted by molar-refractivity contribution is 4.82. The van der Waals surface area contributed by atoms with Gasteiger partial charge in [-0.25, -0.2) is 0 Å². The summed E-state index contributed by atoms with van der Waals surface area (Å²) in [6.07, 6.45) is 2.66. The minimum absolute atomic E-state index is 0.815. The van der Waals surface area contributed by atoms with E-state index in [4.69, 9.17) is 4.74 Å². The van der Waals surface area contributed by atoms with Crippen molar-refractivity contribution in [2.45, 2.75) is 12.8 Å². The topological polar surface area (TPSA) is 15.7 Å². The molecule has 2 saturated heterocycles. The molecule has 0 N–H and O–H groups in total. The van der Waals surface area contributed by atoms with E-state index in [0.29, 0.717) is 0 Å². The maximum atomic E-state index is 5.22. The van der Waals surface area contributed by atoms with Crippen molar-refractivity contribution in [2.75, 3.05) is 53.5 Å². The van der Waals surface area contributed by atoms with Gasteiger partial charge in [-0.3, -0.25) is 0 Å². The number of hydrogen-bond donors (Lipinski definition) is 0. The first kappa shape index (κ1) is 11.4. The normalized spacial score (nSPS) is 26.8. The molecule has 0 atom stereocenters.